The SMILES string of the molecule is COc1ccc(C[C@H](NC(=O)C(Cc2ccc(O)cc2)N(C)C(=O)OC(C)(C)C)C(=O)OCc2ccccc2)cc1B1OC(C)(C)C(C)(C)O1. The van der Waals surface area contributed by atoms with Gasteiger partial charge in [-0.3, -0.25) is 9.69 Å². The van der Waals surface area contributed by atoms with E-state index in [1.807, 2.05) is 64.1 Å². The van der Waals surface area contributed by atoms with Crippen LogP contribution in [0.5, 0.6) is 11.5 Å². The number of carbonyl (C=O) groups excluding carboxylic acids is 3. The number of ether oxygens (including phenoxy) is 3. The van der Waals surface area contributed by atoms with Crippen LogP contribution in [0, 0.1) is 0 Å². The number of carbonyl (C=O) groups is 3. The molecule has 0 bridgehead atoms. The number of methoxy groups -OCH3 is 1. The highest BCUT2D eigenvalue weighted by molar-refractivity contribution is 6.63. The lowest BCUT2D eigenvalue weighted by Gasteiger charge is -2.32. The van der Waals surface area contributed by atoms with E-state index in [0.717, 1.165) is 5.56 Å². The molecule has 0 aromatic heterocycles. The zero-order chi connectivity index (χ0) is 36.9. The summed E-state index contributed by atoms with van der Waals surface area (Å²) in [5, 5.41) is 12.7. The molecule has 1 fully saturated rings. The number of rotatable bonds is 12. The molecular weight excluding hydrogens is 639 g/mol. The van der Waals surface area contributed by atoms with Gasteiger partial charge in [0.2, 0.25) is 5.91 Å². The molecule has 2 atom stereocenters. The smallest absolute Gasteiger partial charge is 0.498 e. The number of esters is 1. The molecule has 4 rings (SSSR count). The first kappa shape index (κ1) is 38.3. The first-order chi connectivity index (χ1) is 23.4. The maximum Gasteiger partial charge on any atom is 0.498 e. The van der Waals surface area contributed by atoms with Crippen LogP contribution in [-0.2, 0) is 47.8 Å². The van der Waals surface area contributed by atoms with Crippen molar-refractivity contribution in [1.82, 2.24) is 10.2 Å². The summed E-state index contributed by atoms with van der Waals surface area (Å²) in [5.41, 5.74) is 0.802. The Kier molecular flexibility index (Phi) is 11.9. The Hall–Kier alpha value is -4.55. The van der Waals surface area contributed by atoms with Gasteiger partial charge in [-0.25, -0.2) is 9.59 Å². The number of likely N-dealkylation sites (N-methyl/N-ethyl adjacent to an activating group) is 1. The van der Waals surface area contributed by atoms with Gasteiger partial charge in [-0.1, -0.05) is 54.6 Å². The molecule has 0 spiro atoms. The summed E-state index contributed by atoms with van der Waals surface area (Å²) in [4.78, 5) is 42.3. The van der Waals surface area contributed by atoms with Gasteiger partial charge in [0.25, 0.3) is 0 Å². The summed E-state index contributed by atoms with van der Waals surface area (Å²) < 4.78 is 29.5. The Morgan fingerprint density at radius 1 is 0.880 bits per heavy atom. The second-order valence-corrected chi connectivity index (χ2v) is 14.5. The van der Waals surface area contributed by atoms with Crippen LogP contribution in [0.2, 0.25) is 0 Å². The predicted octanol–water partition coefficient (Wildman–Crippen LogP) is 4.95. The maximum absolute atomic E-state index is 14.1. The largest absolute Gasteiger partial charge is 0.508 e. The Labute approximate surface area is 295 Å². The predicted molar refractivity (Wildman–Crippen MR) is 190 cm³/mol. The molecule has 50 heavy (non-hydrogen) atoms. The van der Waals surface area contributed by atoms with E-state index in [1.165, 1.54) is 24.1 Å². The van der Waals surface area contributed by atoms with Gasteiger partial charge in [-0.2, -0.15) is 0 Å². The average Bonchev–Trinajstić information content (AvgIpc) is 3.28. The van der Waals surface area contributed by atoms with Crippen LogP contribution in [0.15, 0.2) is 72.8 Å². The van der Waals surface area contributed by atoms with Crippen molar-refractivity contribution in [2.45, 2.75) is 96.8 Å². The standard InChI is InChI=1S/C38H49BN2O9/c1-36(2,3)48-35(45)41(8)31(23-25-15-18-28(42)19-16-25)33(43)40-30(34(44)47-24-26-13-11-10-12-14-26)22-27-17-20-32(46-9)29(21-27)39-49-37(4,5)38(6,7)50-39/h10-21,30-31,42H,22-24H2,1-9H3,(H,40,43)/t30-,31?/m0/s1. The fourth-order valence-corrected chi connectivity index (χ4v) is 5.31. The van der Waals surface area contributed by atoms with E-state index in [4.69, 9.17) is 23.5 Å². The van der Waals surface area contributed by atoms with Gasteiger partial charge in [-0.15, -0.1) is 0 Å². The van der Waals surface area contributed by atoms with Crippen LogP contribution in [0.3, 0.4) is 0 Å². The number of aromatic hydroxyl groups is 1. The summed E-state index contributed by atoms with van der Waals surface area (Å²) >= 11 is 0. The molecule has 0 aliphatic carbocycles. The van der Waals surface area contributed by atoms with Crippen LogP contribution in [-0.4, -0.2) is 78.1 Å². The third kappa shape index (κ3) is 9.79. The Bertz CT molecular complexity index is 1620. The normalized spacial score (nSPS) is 16.2. The summed E-state index contributed by atoms with van der Waals surface area (Å²) in [6, 6.07) is 18.8. The summed E-state index contributed by atoms with van der Waals surface area (Å²) in [5.74, 6) is -0.630. The van der Waals surface area contributed by atoms with Gasteiger partial charge < -0.3 is 33.9 Å². The highest BCUT2D eigenvalue weighted by atomic mass is 16.7. The molecule has 2 N–H and O–H groups in total. The molecule has 268 valence electrons. The number of amides is 2. The van der Waals surface area contributed by atoms with E-state index in [2.05, 4.69) is 5.32 Å². The molecule has 3 aromatic carbocycles. The van der Waals surface area contributed by atoms with Crippen molar-refractivity contribution in [1.29, 1.82) is 0 Å². The van der Waals surface area contributed by atoms with Gasteiger partial charge in [-0.05, 0) is 83.4 Å². The van der Waals surface area contributed by atoms with Gasteiger partial charge in [0.15, 0.2) is 0 Å². The molecule has 1 saturated heterocycles. The lowest BCUT2D eigenvalue weighted by atomic mass is 9.77. The third-order valence-electron chi connectivity index (χ3n) is 8.88. The van der Waals surface area contributed by atoms with Crippen molar-refractivity contribution in [3.8, 4) is 11.5 Å². The minimum atomic E-state index is -1.14. The van der Waals surface area contributed by atoms with Crippen LogP contribution in [0.4, 0.5) is 4.79 Å². The summed E-state index contributed by atoms with van der Waals surface area (Å²) in [6.07, 6.45) is -0.568. The van der Waals surface area contributed by atoms with Gasteiger partial charge in [0.1, 0.15) is 35.8 Å². The van der Waals surface area contributed by atoms with Crippen molar-refractivity contribution in [3.63, 3.8) is 0 Å². The van der Waals surface area contributed by atoms with E-state index >= 15 is 0 Å². The molecule has 2 amide bonds. The number of phenols is 1. The zero-order valence-corrected chi connectivity index (χ0v) is 30.4. The minimum Gasteiger partial charge on any atom is -0.508 e. The minimum absolute atomic E-state index is 0.00255. The molecule has 0 saturated carbocycles. The molecule has 12 heteroatoms. The quantitative estimate of drug-likeness (QED) is 0.200. The van der Waals surface area contributed by atoms with Crippen LogP contribution in [0.1, 0.15) is 65.2 Å². The fourth-order valence-electron chi connectivity index (χ4n) is 5.31. The van der Waals surface area contributed by atoms with E-state index in [1.54, 1.807) is 52.1 Å². The monoisotopic (exact) mass is 688 g/mol. The highest BCUT2D eigenvalue weighted by Crippen LogP contribution is 2.37. The van der Waals surface area contributed by atoms with E-state index in [-0.39, 0.29) is 25.2 Å². The average molecular weight is 689 g/mol. The summed E-state index contributed by atoms with van der Waals surface area (Å²) in [6.45, 7) is 13.0. The van der Waals surface area contributed by atoms with Crippen molar-refractivity contribution in [2.75, 3.05) is 14.2 Å². The molecular formula is C38H49BN2O9. The molecule has 1 unspecified atom stereocenters. The number of nitrogens with zero attached hydrogens (tertiary/aromatic N) is 1. The number of hydrogen-bond acceptors (Lipinski definition) is 9. The number of nitrogens with one attached hydrogen (secondary N) is 1. The lowest BCUT2D eigenvalue weighted by molar-refractivity contribution is -0.149. The van der Waals surface area contributed by atoms with Crippen LogP contribution >= 0.6 is 0 Å². The van der Waals surface area contributed by atoms with Gasteiger partial charge >= 0.3 is 19.2 Å². The van der Waals surface area contributed by atoms with Crippen LogP contribution in [0.25, 0.3) is 0 Å². The zero-order valence-electron chi connectivity index (χ0n) is 30.4. The highest BCUT2D eigenvalue weighted by Gasteiger charge is 2.52. The lowest BCUT2D eigenvalue weighted by Crippen LogP contribution is -2.54. The Morgan fingerprint density at radius 3 is 2.06 bits per heavy atom. The third-order valence-corrected chi connectivity index (χ3v) is 8.88. The topological polar surface area (TPSA) is 133 Å². The van der Waals surface area contributed by atoms with Gasteiger partial charge in [0.05, 0.1) is 18.3 Å². The molecule has 3 aromatic rings. The van der Waals surface area contributed by atoms with E-state index in [0.29, 0.717) is 22.3 Å². The molecule has 0 radical (unpaired) electrons. The van der Waals surface area contributed by atoms with Crippen molar-refractivity contribution >= 4 is 30.6 Å². The van der Waals surface area contributed by atoms with Crippen LogP contribution < -0.4 is 15.5 Å². The Morgan fingerprint density at radius 2 is 1.48 bits per heavy atom. The second-order valence-electron chi connectivity index (χ2n) is 14.5. The Balaban J connectivity index is 1.65. The number of benzene rings is 3. The molecule has 1 aliphatic rings. The fraction of sp³-hybridized carbons (Fsp3) is 0.447. The van der Waals surface area contributed by atoms with Crippen molar-refractivity contribution < 1.29 is 43.0 Å². The first-order valence-corrected chi connectivity index (χ1v) is 16.7. The second kappa shape index (κ2) is 15.6. The molecule has 1 aliphatic heterocycles. The van der Waals surface area contributed by atoms with E-state index in [9.17, 15) is 19.5 Å². The van der Waals surface area contributed by atoms with Gasteiger partial charge in [0, 0.05) is 25.4 Å². The van der Waals surface area contributed by atoms with Crippen molar-refractivity contribution in [2.24, 2.45) is 0 Å². The van der Waals surface area contributed by atoms with E-state index < -0.39 is 54.0 Å². The number of phenolic OH excluding ortho intramolecular Hbond substituents is 1. The van der Waals surface area contributed by atoms with Crippen molar-refractivity contribution in [3.05, 3.63) is 89.5 Å². The first-order valence-electron chi connectivity index (χ1n) is 16.7. The maximum atomic E-state index is 14.1. The molecule has 1 heterocycles. The summed E-state index contributed by atoms with van der Waals surface area (Å²) in [7, 11) is 2.30. The number of hydrogen-bond donors (Lipinski definition) is 2. The molecule has 11 nitrogen and oxygen atoms in total.